The molecule has 0 radical (unpaired) electrons. The monoisotopic (exact) mass is 802 g/mol. The standard InChI is InChI=1S/C61H42N2/c1-6-20-43(21-7-1)45-24-18-31-49(40-45)62(50-37-39-58-55(41-50)60-52(44-22-8-2-9-23-44)33-19-35-59(60)63(58)48-29-14-5-15-30-48)51-36-38-54-53-32-16-17-34-56(53)61(57(54)42-51,46-25-10-3-11-26-46)47-27-12-4-13-28-47/h1-42H. The third-order valence-electron chi connectivity index (χ3n) is 13.0. The summed E-state index contributed by atoms with van der Waals surface area (Å²) in [5, 5.41) is 2.44. The molecule has 0 fully saturated rings. The lowest BCUT2D eigenvalue weighted by Gasteiger charge is -2.35. The lowest BCUT2D eigenvalue weighted by Crippen LogP contribution is -2.28. The fourth-order valence-electron chi connectivity index (χ4n) is 10.4. The summed E-state index contributed by atoms with van der Waals surface area (Å²) in [7, 11) is 0. The molecule has 0 saturated heterocycles. The fourth-order valence-corrected chi connectivity index (χ4v) is 10.4. The third-order valence-corrected chi connectivity index (χ3v) is 13.0. The van der Waals surface area contributed by atoms with Crippen LogP contribution in [0.3, 0.4) is 0 Å². The molecule has 0 spiro atoms. The van der Waals surface area contributed by atoms with Gasteiger partial charge in [0.25, 0.3) is 0 Å². The molecule has 11 aromatic rings. The van der Waals surface area contributed by atoms with Crippen molar-refractivity contribution in [2.24, 2.45) is 0 Å². The number of para-hydroxylation sites is 1. The van der Waals surface area contributed by atoms with Gasteiger partial charge in [0.15, 0.2) is 0 Å². The highest BCUT2D eigenvalue weighted by Gasteiger charge is 2.46. The van der Waals surface area contributed by atoms with Crippen LogP contribution in [0, 0.1) is 0 Å². The highest BCUT2D eigenvalue weighted by atomic mass is 15.1. The van der Waals surface area contributed by atoms with Gasteiger partial charge in [0.1, 0.15) is 0 Å². The number of rotatable bonds is 8. The number of aromatic nitrogens is 1. The van der Waals surface area contributed by atoms with Gasteiger partial charge in [-0.3, -0.25) is 0 Å². The van der Waals surface area contributed by atoms with E-state index in [1.807, 2.05) is 0 Å². The second kappa shape index (κ2) is 15.1. The average Bonchev–Trinajstić information content (AvgIpc) is 3.86. The zero-order valence-corrected chi connectivity index (χ0v) is 34.6. The molecule has 0 aliphatic heterocycles. The first-order valence-corrected chi connectivity index (χ1v) is 21.8. The first-order chi connectivity index (χ1) is 31.3. The Hall–Kier alpha value is -8.20. The number of hydrogen-bond acceptors (Lipinski definition) is 1. The highest BCUT2D eigenvalue weighted by Crippen LogP contribution is 2.57. The van der Waals surface area contributed by atoms with E-state index in [4.69, 9.17) is 0 Å². The maximum Gasteiger partial charge on any atom is 0.0714 e. The second-order valence-corrected chi connectivity index (χ2v) is 16.4. The Morgan fingerprint density at radius 2 is 0.841 bits per heavy atom. The van der Waals surface area contributed by atoms with Gasteiger partial charge in [0.05, 0.1) is 16.4 Å². The van der Waals surface area contributed by atoms with Gasteiger partial charge >= 0.3 is 0 Å². The van der Waals surface area contributed by atoms with Gasteiger partial charge in [-0.2, -0.15) is 0 Å². The Balaban J connectivity index is 1.15. The van der Waals surface area contributed by atoms with Crippen LogP contribution in [0.2, 0.25) is 0 Å². The summed E-state index contributed by atoms with van der Waals surface area (Å²) >= 11 is 0. The van der Waals surface area contributed by atoms with E-state index >= 15 is 0 Å². The predicted octanol–water partition coefficient (Wildman–Crippen LogP) is 16.0. The zero-order valence-electron chi connectivity index (χ0n) is 34.6. The van der Waals surface area contributed by atoms with Gasteiger partial charge in [0.2, 0.25) is 0 Å². The lowest BCUT2D eigenvalue weighted by molar-refractivity contribution is 0.768. The van der Waals surface area contributed by atoms with Gasteiger partial charge < -0.3 is 9.47 Å². The lowest BCUT2D eigenvalue weighted by atomic mass is 9.67. The van der Waals surface area contributed by atoms with Gasteiger partial charge in [0, 0.05) is 33.5 Å². The molecule has 1 aromatic heterocycles. The Kier molecular flexibility index (Phi) is 8.76. The summed E-state index contributed by atoms with van der Waals surface area (Å²) in [5.74, 6) is 0. The molecule has 12 rings (SSSR count). The third kappa shape index (κ3) is 5.87. The van der Waals surface area contributed by atoms with Crippen molar-refractivity contribution in [2.45, 2.75) is 5.41 Å². The van der Waals surface area contributed by atoms with Crippen molar-refractivity contribution in [3.63, 3.8) is 0 Å². The van der Waals surface area contributed by atoms with Crippen molar-refractivity contribution < 1.29 is 0 Å². The average molecular weight is 803 g/mol. The van der Waals surface area contributed by atoms with Crippen molar-refractivity contribution in [3.05, 3.63) is 277 Å². The first-order valence-electron chi connectivity index (χ1n) is 21.8. The molecule has 0 unspecified atom stereocenters. The van der Waals surface area contributed by atoms with Crippen LogP contribution in [0.25, 0.3) is 60.9 Å². The fraction of sp³-hybridized carbons (Fsp3) is 0.0164. The van der Waals surface area contributed by atoms with Crippen LogP contribution in [0.5, 0.6) is 0 Å². The maximum atomic E-state index is 2.47. The SMILES string of the molecule is c1ccc(-c2cccc(N(c3ccc4c(c3)C(c3ccccc3)(c3ccccc3)c3ccccc3-4)c3ccc4c(c3)c3c(-c5ccccc5)cccc3n4-c3ccccc3)c2)cc1. The van der Waals surface area contributed by atoms with Crippen molar-refractivity contribution in [1.82, 2.24) is 4.57 Å². The topological polar surface area (TPSA) is 8.17 Å². The highest BCUT2D eigenvalue weighted by molar-refractivity contribution is 6.16. The molecule has 0 amide bonds. The summed E-state index contributed by atoms with van der Waals surface area (Å²) in [4.78, 5) is 2.46. The van der Waals surface area contributed by atoms with E-state index in [-0.39, 0.29) is 0 Å². The van der Waals surface area contributed by atoms with Crippen molar-refractivity contribution in [3.8, 4) is 39.1 Å². The van der Waals surface area contributed by atoms with Gasteiger partial charge in [-0.15, -0.1) is 0 Å². The molecule has 2 heteroatoms. The van der Waals surface area contributed by atoms with Crippen LogP contribution < -0.4 is 4.90 Å². The van der Waals surface area contributed by atoms with E-state index in [0.29, 0.717) is 0 Å². The number of fused-ring (bicyclic) bond motifs is 6. The van der Waals surface area contributed by atoms with E-state index in [2.05, 4.69) is 264 Å². The minimum absolute atomic E-state index is 0.528. The molecule has 1 aliphatic rings. The largest absolute Gasteiger partial charge is 0.310 e. The van der Waals surface area contributed by atoms with E-state index in [1.165, 1.54) is 71.9 Å². The Labute approximate surface area is 368 Å². The van der Waals surface area contributed by atoms with Gasteiger partial charge in [-0.25, -0.2) is 0 Å². The van der Waals surface area contributed by atoms with Crippen molar-refractivity contribution >= 4 is 38.9 Å². The normalized spacial score (nSPS) is 12.6. The van der Waals surface area contributed by atoms with Gasteiger partial charge in [-0.1, -0.05) is 194 Å². The van der Waals surface area contributed by atoms with Crippen LogP contribution in [0.4, 0.5) is 17.1 Å². The van der Waals surface area contributed by atoms with Crippen molar-refractivity contribution in [1.29, 1.82) is 0 Å². The van der Waals surface area contributed by atoms with E-state index in [1.54, 1.807) is 0 Å². The summed E-state index contributed by atoms with van der Waals surface area (Å²) in [5.41, 5.74) is 18.6. The molecular weight excluding hydrogens is 761 g/mol. The summed E-state index contributed by atoms with van der Waals surface area (Å²) in [6.07, 6.45) is 0. The summed E-state index contributed by atoms with van der Waals surface area (Å²) in [6, 6.07) is 93.3. The number of hydrogen-bond donors (Lipinski definition) is 0. The van der Waals surface area contributed by atoms with Crippen LogP contribution in [0.1, 0.15) is 22.3 Å². The smallest absolute Gasteiger partial charge is 0.0714 e. The van der Waals surface area contributed by atoms with Crippen molar-refractivity contribution in [2.75, 3.05) is 4.90 Å². The predicted molar refractivity (Wildman–Crippen MR) is 264 cm³/mol. The summed E-state index contributed by atoms with van der Waals surface area (Å²) < 4.78 is 2.42. The Bertz CT molecular complexity index is 3390. The van der Waals surface area contributed by atoms with Crippen LogP contribution >= 0.6 is 0 Å². The molecule has 2 nitrogen and oxygen atoms in total. The maximum absolute atomic E-state index is 2.47. The Morgan fingerprint density at radius 3 is 1.56 bits per heavy atom. The van der Waals surface area contributed by atoms with Gasteiger partial charge in [-0.05, 0) is 116 Å². The molecule has 0 bridgehead atoms. The van der Waals surface area contributed by atoms with Crippen LogP contribution in [-0.2, 0) is 5.41 Å². The van der Waals surface area contributed by atoms with E-state index in [9.17, 15) is 0 Å². The quantitative estimate of drug-likeness (QED) is 0.149. The van der Waals surface area contributed by atoms with E-state index < -0.39 is 5.41 Å². The van der Waals surface area contributed by atoms with Crippen LogP contribution in [0.15, 0.2) is 255 Å². The van der Waals surface area contributed by atoms with E-state index in [0.717, 1.165) is 28.3 Å². The number of benzene rings is 10. The minimum Gasteiger partial charge on any atom is -0.310 e. The second-order valence-electron chi connectivity index (χ2n) is 16.4. The zero-order chi connectivity index (χ0) is 41.7. The molecule has 0 N–H and O–H groups in total. The first kappa shape index (κ1) is 36.6. The molecule has 296 valence electrons. The molecule has 1 heterocycles. The molecular formula is C61H42N2. The molecule has 1 aliphatic carbocycles. The van der Waals surface area contributed by atoms with Crippen LogP contribution in [-0.4, -0.2) is 4.57 Å². The number of nitrogens with zero attached hydrogens (tertiary/aromatic N) is 2. The minimum atomic E-state index is -0.528. The molecule has 0 saturated carbocycles. The summed E-state index contributed by atoms with van der Waals surface area (Å²) in [6.45, 7) is 0. The molecule has 63 heavy (non-hydrogen) atoms. The number of anilines is 3. The molecule has 10 aromatic carbocycles. The molecule has 0 atom stereocenters. The Morgan fingerprint density at radius 1 is 0.317 bits per heavy atom.